The predicted molar refractivity (Wildman–Crippen MR) is 87.4 cm³/mol. The second-order valence-corrected chi connectivity index (χ2v) is 7.30. The van der Waals surface area contributed by atoms with Crippen LogP contribution in [0.25, 0.3) is 0 Å². The Balaban J connectivity index is 0.00000172. The van der Waals surface area contributed by atoms with Gasteiger partial charge in [0.2, 0.25) is 0 Å². The van der Waals surface area contributed by atoms with E-state index >= 15 is 0 Å². The van der Waals surface area contributed by atoms with E-state index in [-0.39, 0.29) is 16.9 Å². The van der Waals surface area contributed by atoms with Gasteiger partial charge >= 0.3 is 30.0 Å². The van der Waals surface area contributed by atoms with E-state index in [4.69, 9.17) is 4.74 Å². The third-order valence-electron chi connectivity index (χ3n) is 2.93. The van der Waals surface area contributed by atoms with E-state index in [1.54, 1.807) is 0 Å². The first-order valence-electron chi connectivity index (χ1n) is 7.02. The Morgan fingerprint density at radius 1 is 1.05 bits per heavy atom. The summed E-state index contributed by atoms with van der Waals surface area (Å²) in [6.45, 7) is 17.4. The molecule has 0 saturated heterocycles. The van der Waals surface area contributed by atoms with E-state index in [0.29, 0.717) is 0 Å². The minimum absolute atomic E-state index is 0.0714. The van der Waals surface area contributed by atoms with Crippen molar-refractivity contribution in [3.05, 3.63) is 29.3 Å². The molecule has 0 spiro atoms. The SMILES string of the molecule is CC(C)Oc1[c-]cc(C(C)(C)C)cc1C(C)(C)C.[Zn+][Br]. The Kier molecular flexibility index (Phi) is 7.99. The molecule has 1 aromatic rings. The van der Waals surface area contributed by atoms with Gasteiger partial charge in [-0.3, -0.25) is 0 Å². The van der Waals surface area contributed by atoms with Crippen molar-refractivity contribution in [2.75, 3.05) is 0 Å². The molecule has 0 atom stereocenters. The first-order chi connectivity index (χ1) is 9.01. The molecule has 3 heteroatoms. The van der Waals surface area contributed by atoms with Crippen LogP contribution in [0.2, 0.25) is 0 Å². The molecule has 0 bridgehead atoms. The van der Waals surface area contributed by atoms with Crippen molar-refractivity contribution in [2.24, 2.45) is 0 Å². The van der Waals surface area contributed by atoms with E-state index < -0.39 is 0 Å². The number of halogens is 1. The summed E-state index contributed by atoms with van der Waals surface area (Å²) in [6, 6.07) is 7.66. The zero-order valence-electron chi connectivity index (χ0n) is 14.2. The number of hydrogen-bond acceptors (Lipinski definition) is 1. The first kappa shape index (κ1) is 20.1. The predicted octanol–water partition coefficient (Wildman–Crippen LogP) is 5.71. The van der Waals surface area contributed by atoms with Gasteiger partial charge in [-0.1, -0.05) is 52.4 Å². The second kappa shape index (κ2) is 7.94. The first-order valence-corrected chi connectivity index (χ1v) is 14.0. The molecule has 0 heterocycles. The third-order valence-corrected chi connectivity index (χ3v) is 2.93. The summed E-state index contributed by atoms with van der Waals surface area (Å²) in [4.78, 5) is 0. The maximum absolute atomic E-state index is 5.88. The van der Waals surface area contributed by atoms with Gasteiger partial charge in [0.25, 0.3) is 0 Å². The average Bonchev–Trinajstić information content (AvgIpc) is 2.28. The summed E-state index contributed by atoms with van der Waals surface area (Å²) in [6.07, 6.45) is 0.183. The Labute approximate surface area is 141 Å². The zero-order chi connectivity index (χ0) is 16.1. The van der Waals surface area contributed by atoms with E-state index in [2.05, 4.69) is 87.2 Å². The fourth-order valence-electron chi connectivity index (χ4n) is 1.81. The number of hydrogen-bond donors (Lipinski definition) is 0. The van der Waals surface area contributed by atoms with Crippen LogP contribution in [-0.2, 0) is 27.2 Å². The summed E-state index contributed by atoms with van der Waals surface area (Å²) >= 11 is 4.25. The standard InChI is InChI=1S/C17H27O.BrH.Zn/c1-12(2)18-15-10-9-13(16(3,4)5)11-14(15)17(6,7)8;;/h9,11-12H,1-8H3;1H;/q-1;;+2/p-1. The van der Waals surface area contributed by atoms with Crippen molar-refractivity contribution >= 4 is 13.6 Å². The summed E-state index contributed by atoms with van der Waals surface area (Å²) in [5.41, 5.74) is 2.77. The molecule has 0 fully saturated rings. The van der Waals surface area contributed by atoms with Crippen LogP contribution in [-0.4, -0.2) is 6.10 Å². The topological polar surface area (TPSA) is 9.23 Å². The van der Waals surface area contributed by atoms with E-state index in [0.717, 1.165) is 5.75 Å². The van der Waals surface area contributed by atoms with Crippen molar-refractivity contribution in [1.29, 1.82) is 0 Å². The zero-order valence-corrected chi connectivity index (χ0v) is 18.8. The third kappa shape index (κ3) is 6.27. The van der Waals surface area contributed by atoms with Crippen LogP contribution in [0.5, 0.6) is 5.75 Å². The molecule has 0 aliphatic heterocycles. The van der Waals surface area contributed by atoms with Gasteiger partial charge in [0, 0.05) is 5.75 Å². The fraction of sp³-hybridized carbons (Fsp3) is 0.647. The van der Waals surface area contributed by atoms with Gasteiger partial charge in [0.15, 0.2) is 0 Å². The average molecular weight is 393 g/mol. The molecule has 0 aliphatic carbocycles. The quantitative estimate of drug-likeness (QED) is 0.462. The van der Waals surface area contributed by atoms with E-state index in [1.165, 1.54) is 27.5 Å². The van der Waals surface area contributed by atoms with Gasteiger partial charge in [-0.15, -0.1) is 11.6 Å². The maximum atomic E-state index is 5.88. The molecule has 0 N–H and O–H groups in total. The molecular formula is C17H27BrOZn. The van der Waals surface area contributed by atoms with Gasteiger partial charge in [-0.25, -0.2) is 0 Å². The molecule has 0 saturated carbocycles. The normalized spacial score (nSPS) is 12.0. The Bertz CT molecular complexity index is 414. The molecule has 0 radical (unpaired) electrons. The van der Waals surface area contributed by atoms with Crippen LogP contribution >= 0.6 is 13.6 Å². The van der Waals surface area contributed by atoms with Crippen molar-refractivity contribution in [3.63, 3.8) is 0 Å². The van der Waals surface area contributed by atoms with Gasteiger partial charge < -0.3 is 4.74 Å². The van der Waals surface area contributed by atoms with E-state index in [9.17, 15) is 0 Å². The molecule has 0 amide bonds. The fourth-order valence-corrected chi connectivity index (χ4v) is 1.81. The van der Waals surface area contributed by atoms with Crippen LogP contribution in [0.15, 0.2) is 12.1 Å². The Hall–Kier alpha value is 0.123. The van der Waals surface area contributed by atoms with Crippen LogP contribution in [0.3, 0.4) is 0 Å². The Morgan fingerprint density at radius 2 is 1.55 bits per heavy atom. The van der Waals surface area contributed by atoms with Gasteiger partial charge in [0.05, 0.1) is 6.10 Å². The molecule has 1 aromatic carbocycles. The van der Waals surface area contributed by atoms with Crippen molar-refractivity contribution < 1.29 is 21.1 Å². The molecule has 1 nitrogen and oxygen atoms in total. The summed E-state index contributed by atoms with van der Waals surface area (Å²) in [5.74, 6) is 0.894. The van der Waals surface area contributed by atoms with Gasteiger partial charge in [-0.2, -0.15) is 17.7 Å². The van der Waals surface area contributed by atoms with E-state index in [1.807, 2.05) is 0 Å². The van der Waals surface area contributed by atoms with Crippen LogP contribution in [0.4, 0.5) is 0 Å². The second-order valence-electron chi connectivity index (χ2n) is 7.30. The molecule has 0 aliphatic rings. The molecule has 1 rings (SSSR count). The van der Waals surface area contributed by atoms with Crippen molar-refractivity contribution in [1.82, 2.24) is 0 Å². The van der Waals surface area contributed by atoms with Crippen LogP contribution < -0.4 is 4.74 Å². The summed E-state index contributed by atoms with van der Waals surface area (Å²) in [5, 5.41) is 0. The Morgan fingerprint density at radius 3 is 1.90 bits per heavy atom. The molecular weight excluding hydrogens is 365 g/mol. The monoisotopic (exact) mass is 390 g/mol. The summed E-state index contributed by atoms with van der Waals surface area (Å²) < 4.78 is 5.88. The number of rotatable bonds is 2. The van der Waals surface area contributed by atoms with Crippen molar-refractivity contribution in [3.8, 4) is 5.75 Å². The minimum atomic E-state index is 0.0714. The molecule has 0 unspecified atom stereocenters. The molecule has 0 aromatic heterocycles. The summed E-state index contributed by atoms with van der Waals surface area (Å²) in [7, 11) is 0. The van der Waals surface area contributed by atoms with Gasteiger partial charge in [0.1, 0.15) is 0 Å². The number of ether oxygens (including phenoxy) is 1. The van der Waals surface area contributed by atoms with Gasteiger partial charge in [-0.05, 0) is 13.8 Å². The van der Waals surface area contributed by atoms with Crippen LogP contribution in [0, 0.1) is 6.07 Å². The molecule has 110 valence electrons. The van der Waals surface area contributed by atoms with Crippen molar-refractivity contribution in [2.45, 2.75) is 72.3 Å². The molecule has 20 heavy (non-hydrogen) atoms. The van der Waals surface area contributed by atoms with Crippen LogP contribution in [0.1, 0.15) is 66.5 Å². The number of benzene rings is 1.